The fourth-order valence-corrected chi connectivity index (χ4v) is 5.85. The van der Waals surface area contributed by atoms with Crippen molar-refractivity contribution in [1.82, 2.24) is 29.7 Å². The Morgan fingerprint density at radius 1 is 0.846 bits per heavy atom. The number of nitrogens with two attached hydrogens (primary N) is 1. The fourth-order valence-electron chi connectivity index (χ4n) is 5.85. The number of hydrogen-bond acceptors (Lipinski definition) is 6. The Morgan fingerprint density at radius 2 is 1.59 bits per heavy atom. The predicted octanol–water partition coefficient (Wildman–Crippen LogP) is 5.41. The molecule has 3 aromatic heterocycles. The first-order chi connectivity index (χ1) is 19.2. The molecule has 7 rings (SSSR count). The molecule has 2 aliphatic rings. The van der Waals surface area contributed by atoms with E-state index in [2.05, 4.69) is 56.2 Å². The number of hydrogen-bond donors (Lipinski definition) is 2. The summed E-state index contributed by atoms with van der Waals surface area (Å²) in [6, 6.07) is 26.9. The molecule has 7 heteroatoms. The van der Waals surface area contributed by atoms with Crippen LogP contribution in [0.4, 0.5) is 5.82 Å². The number of fused-ring (bicyclic) bond motifs is 2. The van der Waals surface area contributed by atoms with E-state index < -0.39 is 0 Å². The highest BCUT2D eigenvalue weighted by Crippen LogP contribution is 2.32. The highest BCUT2D eigenvalue weighted by molar-refractivity contribution is 5.84. The van der Waals surface area contributed by atoms with Crippen molar-refractivity contribution >= 4 is 17.0 Å². The molecule has 0 radical (unpaired) electrons. The smallest absolute Gasteiger partial charge is 0.165 e. The van der Waals surface area contributed by atoms with Crippen LogP contribution >= 0.6 is 0 Å². The van der Waals surface area contributed by atoms with Crippen LogP contribution < -0.4 is 11.1 Å². The molecule has 2 aliphatic heterocycles. The van der Waals surface area contributed by atoms with Crippen molar-refractivity contribution < 1.29 is 0 Å². The lowest BCUT2D eigenvalue weighted by atomic mass is 10.0. The standard InChI is InChI=1S/C30H29N7.C2H6/c31-28-25(7-4-14-33-28)29-35-27-13-12-26(21-5-2-1-3-6-21)34-30(27)37(29)24-10-8-20(9-11-24)17-36-18-22-15-32-16-23(22)19-36;1-2/h1-14,22-23,32H,15-19H2,(H2,31,33);1-2H3. The van der Waals surface area contributed by atoms with Crippen molar-refractivity contribution in [2.45, 2.75) is 20.4 Å². The quantitative estimate of drug-likeness (QED) is 0.324. The average Bonchev–Trinajstić information content (AvgIpc) is 3.69. The molecule has 2 saturated heterocycles. The third-order valence-electron chi connectivity index (χ3n) is 7.72. The third kappa shape index (κ3) is 4.91. The zero-order chi connectivity index (χ0) is 26.8. The van der Waals surface area contributed by atoms with Gasteiger partial charge in [0.05, 0.1) is 11.3 Å². The number of pyridine rings is 2. The third-order valence-corrected chi connectivity index (χ3v) is 7.72. The Kier molecular flexibility index (Phi) is 7.09. The molecule has 5 heterocycles. The van der Waals surface area contributed by atoms with E-state index in [1.54, 1.807) is 6.20 Å². The van der Waals surface area contributed by atoms with Crippen LogP contribution in [0.1, 0.15) is 19.4 Å². The Labute approximate surface area is 229 Å². The maximum Gasteiger partial charge on any atom is 0.165 e. The number of nitrogens with one attached hydrogen (secondary N) is 1. The van der Waals surface area contributed by atoms with E-state index in [0.29, 0.717) is 5.82 Å². The summed E-state index contributed by atoms with van der Waals surface area (Å²) in [5.41, 5.74) is 13.0. The molecule has 39 heavy (non-hydrogen) atoms. The van der Waals surface area contributed by atoms with Gasteiger partial charge in [-0.25, -0.2) is 15.0 Å². The maximum atomic E-state index is 6.30. The number of rotatable bonds is 5. The molecule has 5 aromatic rings. The molecule has 0 saturated carbocycles. The first-order valence-electron chi connectivity index (χ1n) is 13.9. The Bertz CT molecular complexity index is 1550. The molecule has 7 nitrogen and oxygen atoms in total. The lowest BCUT2D eigenvalue weighted by molar-refractivity contribution is 0.305. The summed E-state index contributed by atoms with van der Waals surface area (Å²) in [6.07, 6.45) is 1.70. The fraction of sp³-hybridized carbons (Fsp3) is 0.281. The Hall–Kier alpha value is -4.07. The van der Waals surface area contributed by atoms with Crippen LogP contribution in [-0.4, -0.2) is 50.6 Å². The van der Waals surface area contributed by atoms with Gasteiger partial charge in [0.2, 0.25) is 0 Å². The molecule has 2 atom stereocenters. The lowest BCUT2D eigenvalue weighted by Gasteiger charge is -2.17. The Morgan fingerprint density at radius 3 is 2.31 bits per heavy atom. The van der Waals surface area contributed by atoms with Crippen LogP contribution in [0.2, 0.25) is 0 Å². The molecule has 198 valence electrons. The minimum absolute atomic E-state index is 0.452. The normalized spacial score (nSPS) is 18.6. The second-order valence-corrected chi connectivity index (χ2v) is 10.2. The van der Waals surface area contributed by atoms with Gasteiger partial charge in [0.1, 0.15) is 11.3 Å². The van der Waals surface area contributed by atoms with Crippen molar-refractivity contribution in [3.63, 3.8) is 0 Å². The zero-order valence-electron chi connectivity index (χ0n) is 22.6. The largest absolute Gasteiger partial charge is 0.383 e. The van der Waals surface area contributed by atoms with Gasteiger partial charge in [-0.15, -0.1) is 0 Å². The molecule has 2 fully saturated rings. The predicted molar refractivity (Wildman–Crippen MR) is 158 cm³/mol. The van der Waals surface area contributed by atoms with Gasteiger partial charge in [-0.05, 0) is 66.9 Å². The lowest BCUT2D eigenvalue weighted by Crippen LogP contribution is -2.25. The average molecular weight is 518 g/mol. The monoisotopic (exact) mass is 517 g/mol. The molecule has 0 aliphatic carbocycles. The van der Waals surface area contributed by atoms with Crippen molar-refractivity contribution in [2.75, 3.05) is 31.9 Å². The maximum absolute atomic E-state index is 6.30. The van der Waals surface area contributed by atoms with Crippen molar-refractivity contribution in [1.29, 1.82) is 0 Å². The van der Waals surface area contributed by atoms with Crippen LogP contribution in [-0.2, 0) is 6.54 Å². The zero-order valence-corrected chi connectivity index (χ0v) is 22.6. The van der Waals surface area contributed by atoms with Crippen LogP contribution in [0, 0.1) is 11.8 Å². The summed E-state index contributed by atoms with van der Waals surface area (Å²) in [4.78, 5) is 16.9. The van der Waals surface area contributed by atoms with E-state index >= 15 is 0 Å². The second-order valence-electron chi connectivity index (χ2n) is 10.2. The summed E-state index contributed by atoms with van der Waals surface area (Å²) >= 11 is 0. The highest BCUT2D eigenvalue weighted by Gasteiger charge is 2.35. The van der Waals surface area contributed by atoms with E-state index in [-0.39, 0.29) is 0 Å². The van der Waals surface area contributed by atoms with Crippen LogP contribution in [0.15, 0.2) is 85.1 Å². The first-order valence-corrected chi connectivity index (χ1v) is 13.9. The topological polar surface area (TPSA) is 84.9 Å². The van der Waals surface area contributed by atoms with E-state index in [9.17, 15) is 0 Å². The number of benzene rings is 2. The number of nitrogens with zero attached hydrogens (tertiary/aromatic N) is 5. The van der Waals surface area contributed by atoms with Crippen molar-refractivity contribution in [3.8, 4) is 28.3 Å². The molecule has 0 spiro atoms. The van der Waals surface area contributed by atoms with Crippen LogP contribution in [0.3, 0.4) is 0 Å². The summed E-state index contributed by atoms with van der Waals surface area (Å²) in [6.45, 7) is 9.67. The number of imidazole rings is 1. The van der Waals surface area contributed by atoms with E-state index in [1.165, 1.54) is 18.7 Å². The van der Waals surface area contributed by atoms with Gasteiger partial charge in [0, 0.05) is 37.1 Å². The van der Waals surface area contributed by atoms with Crippen LogP contribution in [0.25, 0.3) is 39.5 Å². The van der Waals surface area contributed by atoms with Gasteiger partial charge in [-0.3, -0.25) is 9.47 Å². The number of aromatic nitrogens is 4. The Balaban J connectivity index is 0.00000135. The van der Waals surface area contributed by atoms with E-state index in [4.69, 9.17) is 15.7 Å². The van der Waals surface area contributed by atoms with Gasteiger partial charge in [0.15, 0.2) is 11.5 Å². The number of anilines is 1. The number of likely N-dealkylation sites (tertiary alicyclic amines) is 1. The first kappa shape index (κ1) is 25.2. The molecule has 0 amide bonds. The van der Waals surface area contributed by atoms with Gasteiger partial charge in [-0.2, -0.15) is 0 Å². The minimum Gasteiger partial charge on any atom is -0.383 e. The highest BCUT2D eigenvalue weighted by atomic mass is 15.2. The number of nitrogen functional groups attached to an aromatic ring is 1. The molecular formula is C32H35N7. The van der Waals surface area contributed by atoms with E-state index in [0.717, 1.165) is 71.0 Å². The second kappa shape index (κ2) is 11.0. The van der Waals surface area contributed by atoms with Crippen molar-refractivity contribution in [3.05, 3.63) is 90.6 Å². The molecule has 2 aromatic carbocycles. The van der Waals surface area contributed by atoms with Gasteiger partial charge >= 0.3 is 0 Å². The summed E-state index contributed by atoms with van der Waals surface area (Å²) < 4.78 is 2.10. The molecular weight excluding hydrogens is 482 g/mol. The van der Waals surface area contributed by atoms with Crippen LogP contribution in [0.5, 0.6) is 0 Å². The SMILES string of the molecule is CC.Nc1ncccc1-c1nc2ccc(-c3ccccc3)nc2n1-c1ccc(CN2CC3CNCC3C2)cc1. The molecule has 3 N–H and O–H groups in total. The van der Waals surface area contributed by atoms with E-state index in [1.807, 2.05) is 56.3 Å². The van der Waals surface area contributed by atoms with Crippen molar-refractivity contribution in [2.24, 2.45) is 11.8 Å². The van der Waals surface area contributed by atoms with Gasteiger partial charge < -0.3 is 11.1 Å². The molecule has 0 bridgehead atoms. The summed E-state index contributed by atoms with van der Waals surface area (Å²) in [5, 5.41) is 3.53. The summed E-state index contributed by atoms with van der Waals surface area (Å²) in [7, 11) is 0. The van der Waals surface area contributed by atoms with Gasteiger partial charge in [0.25, 0.3) is 0 Å². The molecule has 2 unspecified atom stereocenters. The van der Waals surface area contributed by atoms with Gasteiger partial charge in [-0.1, -0.05) is 56.3 Å². The minimum atomic E-state index is 0.452. The summed E-state index contributed by atoms with van der Waals surface area (Å²) in [5.74, 6) is 2.79.